The molecule has 1 amide bonds. The largest absolute Gasteiger partial charge is 0.444 e. The van der Waals surface area contributed by atoms with E-state index in [0.717, 1.165) is 54.2 Å². The van der Waals surface area contributed by atoms with Gasteiger partial charge in [-0.05, 0) is 93.3 Å². The van der Waals surface area contributed by atoms with Gasteiger partial charge in [-0.25, -0.2) is 9.78 Å². The van der Waals surface area contributed by atoms with Gasteiger partial charge in [0.2, 0.25) is 0 Å². The molecule has 8 nitrogen and oxygen atoms in total. The zero-order chi connectivity index (χ0) is 29.7. The standard InChI is InChI=1S/C34H40ClN5O3/c1-34(2,3)43-33(41)39-15-10-22(11-16-39)29-26-9-8-24(35)18-23(26)19-28(27-7-4-12-37-30(27)29)31-32(42-31)40-14-5-6-25(40)20-38-17-13-36-21-38/h4,7-9,12-13,17-19,21-22,25,29,31-32H,5-6,10-11,14-16,20H2,1-3H3/t25-,29?,31?,32?/m0/s1. The maximum atomic E-state index is 12.8. The Morgan fingerprint density at radius 2 is 1.95 bits per heavy atom. The minimum Gasteiger partial charge on any atom is -0.444 e. The fraction of sp³-hybridized carbons (Fsp3) is 0.500. The fourth-order valence-corrected chi connectivity index (χ4v) is 7.50. The number of epoxide rings is 1. The van der Waals surface area contributed by atoms with Gasteiger partial charge in [-0.1, -0.05) is 23.7 Å². The summed E-state index contributed by atoms with van der Waals surface area (Å²) < 4.78 is 14.4. The number of fused-ring (bicyclic) bond motifs is 2. The molecule has 5 heterocycles. The first-order chi connectivity index (χ1) is 20.7. The number of carbonyl (C=O) groups excluding carboxylic acids is 1. The summed E-state index contributed by atoms with van der Waals surface area (Å²) in [6, 6.07) is 10.9. The lowest BCUT2D eigenvalue weighted by Gasteiger charge is -2.37. The summed E-state index contributed by atoms with van der Waals surface area (Å²) in [7, 11) is 0. The monoisotopic (exact) mass is 601 g/mol. The Hall–Kier alpha value is -3.20. The molecule has 4 aliphatic rings. The average Bonchev–Trinajstić information content (AvgIpc) is 3.36. The first-order valence-corrected chi connectivity index (χ1v) is 15.9. The van der Waals surface area contributed by atoms with E-state index in [9.17, 15) is 4.79 Å². The number of piperidine rings is 1. The molecule has 3 fully saturated rings. The van der Waals surface area contributed by atoms with Crippen LogP contribution in [0.2, 0.25) is 5.02 Å². The lowest BCUT2D eigenvalue weighted by Crippen LogP contribution is -2.42. The number of halogens is 1. The van der Waals surface area contributed by atoms with E-state index in [0.29, 0.717) is 25.0 Å². The molecule has 1 aromatic carbocycles. The molecular formula is C34H40ClN5O3. The summed E-state index contributed by atoms with van der Waals surface area (Å²) in [6.07, 6.45) is 13.9. The molecule has 3 aromatic rings. The number of carbonyl (C=O) groups is 1. The van der Waals surface area contributed by atoms with E-state index in [1.807, 2.05) is 62.7 Å². The number of nitrogens with zero attached hydrogens (tertiary/aromatic N) is 5. The second-order valence-corrected chi connectivity index (χ2v) is 13.8. The smallest absolute Gasteiger partial charge is 0.410 e. The predicted octanol–water partition coefficient (Wildman–Crippen LogP) is 6.45. The number of likely N-dealkylation sites (tertiary alicyclic amines) is 2. The summed E-state index contributed by atoms with van der Waals surface area (Å²) in [4.78, 5) is 26.5. The van der Waals surface area contributed by atoms with Crippen LogP contribution in [0, 0.1) is 5.92 Å². The Balaban J connectivity index is 1.17. The first-order valence-electron chi connectivity index (χ1n) is 15.6. The zero-order valence-electron chi connectivity index (χ0n) is 25.2. The molecule has 9 heteroatoms. The Bertz CT molecular complexity index is 1510. The van der Waals surface area contributed by atoms with E-state index in [1.165, 1.54) is 17.6 Å². The van der Waals surface area contributed by atoms with Gasteiger partial charge in [0.15, 0.2) is 0 Å². The number of imidazole rings is 1. The van der Waals surface area contributed by atoms with Crippen molar-refractivity contribution in [2.45, 2.75) is 82.9 Å². The number of pyridine rings is 1. The molecule has 0 radical (unpaired) electrons. The Labute approximate surface area is 258 Å². The highest BCUT2D eigenvalue weighted by atomic mass is 35.5. The van der Waals surface area contributed by atoms with Crippen molar-refractivity contribution in [1.82, 2.24) is 24.3 Å². The van der Waals surface area contributed by atoms with Crippen LogP contribution in [0.3, 0.4) is 0 Å². The summed E-state index contributed by atoms with van der Waals surface area (Å²) in [5.74, 6) is 0.421. The van der Waals surface area contributed by atoms with Gasteiger partial charge in [0, 0.05) is 67.3 Å². The van der Waals surface area contributed by atoms with Gasteiger partial charge < -0.3 is 18.9 Å². The van der Waals surface area contributed by atoms with Crippen LogP contribution < -0.4 is 0 Å². The second-order valence-electron chi connectivity index (χ2n) is 13.3. The molecule has 3 unspecified atom stereocenters. The molecule has 43 heavy (non-hydrogen) atoms. The third-order valence-electron chi connectivity index (χ3n) is 9.31. The minimum atomic E-state index is -0.504. The molecule has 7 rings (SSSR count). The quantitative estimate of drug-likeness (QED) is 0.313. The van der Waals surface area contributed by atoms with Crippen LogP contribution in [0.25, 0.3) is 11.6 Å². The predicted molar refractivity (Wildman–Crippen MR) is 167 cm³/mol. The van der Waals surface area contributed by atoms with Crippen LogP contribution in [0.4, 0.5) is 4.79 Å². The summed E-state index contributed by atoms with van der Waals surface area (Å²) in [5, 5.41) is 0.722. The second kappa shape index (κ2) is 11.4. The van der Waals surface area contributed by atoms with Crippen molar-refractivity contribution >= 4 is 29.3 Å². The minimum absolute atomic E-state index is 0.0223. The number of aromatic nitrogens is 3. The SMILES string of the molecule is CC(C)(C)OC(=O)N1CCC(C2c3ccc(Cl)cc3C=C(C3OC3N3CCC[C@H]3Cn3ccnc3)c3cccnc32)CC1. The van der Waals surface area contributed by atoms with E-state index in [-0.39, 0.29) is 24.3 Å². The van der Waals surface area contributed by atoms with Crippen LogP contribution in [0.5, 0.6) is 0 Å². The summed E-state index contributed by atoms with van der Waals surface area (Å²) >= 11 is 6.59. The molecule has 226 valence electrons. The van der Waals surface area contributed by atoms with Crippen molar-refractivity contribution in [3.8, 4) is 0 Å². The van der Waals surface area contributed by atoms with Crippen molar-refractivity contribution in [2.24, 2.45) is 5.92 Å². The fourth-order valence-electron chi connectivity index (χ4n) is 7.32. The van der Waals surface area contributed by atoms with E-state index < -0.39 is 5.60 Å². The Morgan fingerprint density at radius 3 is 2.72 bits per heavy atom. The molecule has 0 spiro atoms. The molecule has 0 saturated carbocycles. The molecule has 4 atom stereocenters. The van der Waals surface area contributed by atoms with Gasteiger partial charge in [0.25, 0.3) is 0 Å². The molecule has 0 N–H and O–H groups in total. The van der Waals surface area contributed by atoms with Crippen LogP contribution in [0.1, 0.15) is 74.8 Å². The molecular weight excluding hydrogens is 562 g/mol. The van der Waals surface area contributed by atoms with E-state index in [2.05, 4.69) is 38.7 Å². The zero-order valence-corrected chi connectivity index (χ0v) is 25.9. The van der Waals surface area contributed by atoms with Gasteiger partial charge in [-0.2, -0.15) is 0 Å². The Morgan fingerprint density at radius 1 is 1.12 bits per heavy atom. The molecule has 2 aromatic heterocycles. The van der Waals surface area contributed by atoms with Gasteiger partial charge in [0.05, 0.1) is 12.0 Å². The normalized spacial score (nSPS) is 26.0. The summed E-state index contributed by atoms with van der Waals surface area (Å²) in [6.45, 7) is 9.04. The Kier molecular flexibility index (Phi) is 7.56. The number of amides is 1. The molecule has 3 saturated heterocycles. The van der Waals surface area contributed by atoms with Gasteiger partial charge >= 0.3 is 6.09 Å². The van der Waals surface area contributed by atoms with Crippen LogP contribution in [-0.4, -0.2) is 74.0 Å². The van der Waals surface area contributed by atoms with Gasteiger partial charge in [-0.3, -0.25) is 9.88 Å². The van der Waals surface area contributed by atoms with E-state index in [4.69, 9.17) is 26.1 Å². The highest BCUT2D eigenvalue weighted by molar-refractivity contribution is 6.30. The third kappa shape index (κ3) is 5.85. The molecule has 3 aliphatic heterocycles. The van der Waals surface area contributed by atoms with Crippen LogP contribution in [0.15, 0.2) is 55.2 Å². The number of hydrogen-bond acceptors (Lipinski definition) is 6. The number of ether oxygens (including phenoxy) is 2. The first kappa shape index (κ1) is 28.6. The van der Waals surface area contributed by atoms with Crippen molar-refractivity contribution in [3.05, 3.63) is 82.7 Å². The number of rotatable bonds is 5. The highest BCUT2D eigenvalue weighted by Crippen LogP contribution is 2.49. The van der Waals surface area contributed by atoms with Crippen molar-refractivity contribution in [2.75, 3.05) is 19.6 Å². The topological polar surface area (TPSA) is 76.0 Å². The van der Waals surface area contributed by atoms with Crippen LogP contribution >= 0.6 is 11.6 Å². The van der Waals surface area contributed by atoms with E-state index >= 15 is 0 Å². The lowest BCUT2D eigenvalue weighted by molar-refractivity contribution is 0.0178. The number of hydrogen-bond donors (Lipinski definition) is 0. The van der Waals surface area contributed by atoms with Gasteiger partial charge in [-0.15, -0.1) is 0 Å². The lowest BCUT2D eigenvalue weighted by atomic mass is 9.76. The third-order valence-corrected chi connectivity index (χ3v) is 9.54. The number of benzene rings is 1. The van der Waals surface area contributed by atoms with Crippen molar-refractivity contribution in [3.63, 3.8) is 0 Å². The van der Waals surface area contributed by atoms with E-state index in [1.54, 1.807) is 0 Å². The molecule has 0 bridgehead atoms. The average molecular weight is 602 g/mol. The van der Waals surface area contributed by atoms with Gasteiger partial charge in [0.1, 0.15) is 17.9 Å². The van der Waals surface area contributed by atoms with Crippen molar-refractivity contribution < 1.29 is 14.3 Å². The maximum absolute atomic E-state index is 12.8. The van der Waals surface area contributed by atoms with Crippen LogP contribution in [-0.2, 0) is 16.0 Å². The maximum Gasteiger partial charge on any atom is 0.410 e. The van der Waals surface area contributed by atoms with Crippen molar-refractivity contribution in [1.29, 1.82) is 0 Å². The highest BCUT2D eigenvalue weighted by Gasteiger charge is 2.51. The summed E-state index contributed by atoms with van der Waals surface area (Å²) in [5.41, 5.74) is 5.30. The molecule has 1 aliphatic carbocycles.